The number of carboxylic acid groups (broad SMARTS) is 1. The van der Waals surface area contributed by atoms with Crippen molar-refractivity contribution in [2.24, 2.45) is 0 Å². The van der Waals surface area contributed by atoms with Gasteiger partial charge >= 0.3 is 5.97 Å². The highest BCUT2D eigenvalue weighted by Gasteiger charge is 2.09. The molecule has 98 valence electrons. The predicted octanol–water partition coefficient (Wildman–Crippen LogP) is 1.06. The van der Waals surface area contributed by atoms with Crippen molar-refractivity contribution in [2.75, 3.05) is 6.54 Å². The molecule has 0 radical (unpaired) electrons. The Hall–Kier alpha value is -2.50. The first-order chi connectivity index (χ1) is 8.97. The Balaban J connectivity index is 2.33. The number of fused-ring (bicyclic) bond motifs is 1. The number of rotatable bonds is 3. The highest BCUT2D eigenvalue weighted by Crippen LogP contribution is 2.14. The Morgan fingerprint density at radius 3 is 2.42 bits per heavy atom. The molecule has 0 aliphatic heterocycles. The molecule has 0 atom stereocenters. The smallest absolute Gasteiger partial charge is 0.322 e. The summed E-state index contributed by atoms with van der Waals surface area (Å²) in [7, 11) is 0. The van der Waals surface area contributed by atoms with Crippen LogP contribution in [0.25, 0.3) is 11.0 Å². The largest absolute Gasteiger partial charge is 0.480 e. The van der Waals surface area contributed by atoms with Gasteiger partial charge in [-0.25, -0.2) is 9.97 Å². The predicted molar refractivity (Wildman–Crippen MR) is 69.0 cm³/mol. The Kier molecular flexibility index (Phi) is 3.41. The molecule has 0 saturated carbocycles. The summed E-state index contributed by atoms with van der Waals surface area (Å²) in [4.78, 5) is 30.8. The summed E-state index contributed by atoms with van der Waals surface area (Å²) in [6.45, 7) is 3.31. The average Bonchev–Trinajstić information content (AvgIpc) is 2.36. The number of benzene rings is 1. The van der Waals surface area contributed by atoms with Crippen LogP contribution >= 0.6 is 0 Å². The van der Waals surface area contributed by atoms with Gasteiger partial charge in [-0.15, -0.1) is 0 Å². The van der Waals surface area contributed by atoms with Crippen molar-refractivity contribution in [3.05, 3.63) is 35.2 Å². The fraction of sp³-hybridized carbons (Fsp3) is 0.231. The standard InChI is InChI=1S/C13H13N3O3/c1-7-8(2)16-11-5-9(3-4-10(11)15-7)13(19)14-6-12(17)18/h3-5H,6H2,1-2H3,(H,14,19)(H,17,18). The summed E-state index contributed by atoms with van der Waals surface area (Å²) >= 11 is 0. The molecule has 6 nitrogen and oxygen atoms in total. The van der Waals surface area contributed by atoms with Crippen LogP contribution in [0.1, 0.15) is 21.7 Å². The number of carbonyl (C=O) groups is 2. The van der Waals surface area contributed by atoms with Gasteiger partial charge in [0.1, 0.15) is 6.54 Å². The van der Waals surface area contributed by atoms with Gasteiger partial charge < -0.3 is 10.4 Å². The zero-order valence-electron chi connectivity index (χ0n) is 10.6. The molecule has 0 fully saturated rings. The van der Waals surface area contributed by atoms with Crippen molar-refractivity contribution < 1.29 is 14.7 Å². The number of nitrogens with one attached hydrogen (secondary N) is 1. The van der Waals surface area contributed by atoms with Crippen molar-refractivity contribution in [2.45, 2.75) is 13.8 Å². The van der Waals surface area contributed by atoms with E-state index in [0.717, 1.165) is 11.4 Å². The molecule has 0 bridgehead atoms. The van der Waals surface area contributed by atoms with Gasteiger partial charge in [-0.05, 0) is 32.0 Å². The second-order valence-electron chi connectivity index (χ2n) is 4.17. The van der Waals surface area contributed by atoms with Crippen molar-refractivity contribution >= 4 is 22.9 Å². The van der Waals surface area contributed by atoms with E-state index in [1.54, 1.807) is 18.2 Å². The van der Waals surface area contributed by atoms with Crippen LogP contribution in [0.2, 0.25) is 0 Å². The highest BCUT2D eigenvalue weighted by atomic mass is 16.4. The molecular formula is C13H13N3O3. The molecule has 1 aromatic heterocycles. The van der Waals surface area contributed by atoms with Crippen LogP contribution in [0, 0.1) is 13.8 Å². The van der Waals surface area contributed by atoms with Gasteiger partial charge in [0.2, 0.25) is 0 Å². The summed E-state index contributed by atoms with van der Waals surface area (Å²) < 4.78 is 0. The van der Waals surface area contributed by atoms with E-state index in [-0.39, 0.29) is 0 Å². The average molecular weight is 259 g/mol. The number of carbonyl (C=O) groups excluding carboxylic acids is 1. The van der Waals surface area contributed by atoms with Crippen LogP contribution in [0.3, 0.4) is 0 Å². The van der Waals surface area contributed by atoms with Gasteiger partial charge in [0.25, 0.3) is 5.91 Å². The fourth-order valence-electron chi connectivity index (χ4n) is 1.63. The van der Waals surface area contributed by atoms with Crippen molar-refractivity contribution in [3.8, 4) is 0 Å². The van der Waals surface area contributed by atoms with E-state index in [0.29, 0.717) is 16.6 Å². The molecule has 19 heavy (non-hydrogen) atoms. The lowest BCUT2D eigenvalue weighted by atomic mass is 10.1. The SMILES string of the molecule is Cc1nc2ccc(C(=O)NCC(=O)O)cc2nc1C. The first-order valence-corrected chi connectivity index (χ1v) is 5.72. The Morgan fingerprint density at radius 1 is 1.16 bits per heavy atom. The second-order valence-corrected chi connectivity index (χ2v) is 4.17. The van der Waals surface area contributed by atoms with Crippen LogP contribution in [-0.4, -0.2) is 33.5 Å². The number of amides is 1. The van der Waals surface area contributed by atoms with Gasteiger partial charge in [-0.1, -0.05) is 0 Å². The van der Waals surface area contributed by atoms with Crippen LogP contribution in [0.5, 0.6) is 0 Å². The van der Waals surface area contributed by atoms with Crippen molar-refractivity contribution in [3.63, 3.8) is 0 Å². The first kappa shape index (κ1) is 12.9. The molecule has 2 N–H and O–H groups in total. The summed E-state index contributed by atoms with van der Waals surface area (Å²) in [6, 6.07) is 4.90. The molecule has 6 heteroatoms. The first-order valence-electron chi connectivity index (χ1n) is 5.72. The molecule has 0 saturated heterocycles. The third-order valence-corrected chi connectivity index (χ3v) is 2.74. The van der Waals surface area contributed by atoms with Crippen molar-refractivity contribution in [1.82, 2.24) is 15.3 Å². The van der Waals surface area contributed by atoms with E-state index in [9.17, 15) is 9.59 Å². The lowest BCUT2D eigenvalue weighted by molar-refractivity contribution is -0.135. The second kappa shape index (κ2) is 5.01. The Morgan fingerprint density at radius 2 is 1.79 bits per heavy atom. The minimum atomic E-state index is -1.08. The van der Waals surface area contributed by atoms with E-state index < -0.39 is 18.4 Å². The van der Waals surface area contributed by atoms with E-state index in [1.165, 1.54) is 0 Å². The molecule has 2 rings (SSSR count). The van der Waals surface area contributed by atoms with Gasteiger partial charge in [0.15, 0.2) is 0 Å². The molecule has 0 unspecified atom stereocenters. The minimum Gasteiger partial charge on any atom is -0.480 e. The summed E-state index contributed by atoms with van der Waals surface area (Å²) in [5.74, 6) is -1.52. The van der Waals surface area contributed by atoms with Crippen molar-refractivity contribution in [1.29, 1.82) is 0 Å². The molecule has 0 aliphatic rings. The van der Waals surface area contributed by atoms with Crippen LogP contribution < -0.4 is 5.32 Å². The summed E-state index contributed by atoms with van der Waals surface area (Å²) in [6.07, 6.45) is 0. The molecule has 2 aromatic rings. The van der Waals surface area contributed by atoms with E-state index in [1.807, 2.05) is 13.8 Å². The van der Waals surface area contributed by atoms with Crippen LogP contribution in [0.15, 0.2) is 18.2 Å². The van der Waals surface area contributed by atoms with Gasteiger partial charge in [0.05, 0.1) is 22.4 Å². The van der Waals surface area contributed by atoms with E-state index in [2.05, 4.69) is 15.3 Å². The maximum atomic E-state index is 11.7. The number of hydrogen-bond acceptors (Lipinski definition) is 4. The molecular weight excluding hydrogens is 246 g/mol. The maximum Gasteiger partial charge on any atom is 0.322 e. The number of aromatic nitrogens is 2. The molecule has 1 heterocycles. The minimum absolute atomic E-state index is 0.367. The quantitative estimate of drug-likeness (QED) is 0.859. The zero-order chi connectivity index (χ0) is 14.0. The van der Waals surface area contributed by atoms with E-state index >= 15 is 0 Å². The van der Waals surface area contributed by atoms with E-state index in [4.69, 9.17) is 5.11 Å². The fourth-order valence-corrected chi connectivity index (χ4v) is 1.63. The van der Waals surface area contributed by atoms with Gasteiger partial charge in [-0.2, -0.15) is 0 Å². The lowest BCUT2D eigenvalue weighted by Gasteiger charge is -2.05. The Bertz CT molecular complexity index is 667. The summed E-state index contributed by atoms with van der Waals surface area (Å²) in [5.41, 5.74) is 3.33. The summed E-state index contributed by atoms with van der Waals surface area (Å²) in [5, 5.41) is 10.8. The number of nitrogens with zero attached hydrogens (tertiary/aromatic N) is 2. The van der Waals surface area contributed by atoms with Crippen LogP contribution in [-0.2, 0) is 4.79 Å². The third-order valence-electron chi connectivity index (χ3n) is 2.74. The number of aliphatic carboxylic acids is 1. The normalized spacial score (nSPS) is 10.4. The Labute approximate surface area is 109 Å². The third kappa shape index (κ3) is 2.85. The highest BCUT2D eigenvalue weighted by molar-refractivity contribution is 5.98. The zero-order valence-corrected chi connectivity index (χ0v) is 10.6. The van der Waals surface area contributed by atoms with Gasteiger partial charge in [-0.3, -0.25) is 9.59 Å². The van der Waals surface area contributed by atoms with Gasteiger partial charge in [0, 0.05) is 5.56 Å². The topological polar surface area (TPSA) is 92.2 Å². The monoisotopic (exact) mass is 259 g/mol. The molecule has 1 amide bonds. The molecule has 0 aliphatic carbocycles. The number of hydrogen-bond donors (Lipinski definition) is 2. The maximum absolute atomic E-state index is 11.7. The molecule has 0 spiro atoms. The molecule has 1 aromatic carbocycles. The number of carboxylic acids is 1. The number of aryl methyl sites for hydroxylation is 2. The lowest BCUT2D eigenvalue weighted by Crippen LogP contribution is -2.29. The van der Waals surface area contributed by atoms with Crippen LogP contribution in [0.4, 0.5) is 0 Å².